The smallest absolute Gasteiger partial charge is 0.425 e. The van der Waals surface area contributed by atoms with Crippen LogP contribution in [0.15, 0.2) is 17.2 Å². The first-order valence-electron chi connectivity index (χ1n) is 5.78. The van der Waals surface area contributed by atoms with Crippen LogP contribution in [0.1, 0.15) is 18.1 Å². The van der Waals surface area contributed by atoms with Gasteiger partial charge in [-0.15, -0.1) is 0 Å². The summed E-state index contributed by atoms with van der Waals surface area (Å²) >= 11 is 5.28. The first-order chi connectivity index (χ1) is 10.5. The van der Waals surface area contributed by atoms with E-state index in [1.54, 1.807) is 0 Å². The fourth-order valence-corrected chi connectivity index (χ4v) is 1.64. The molecule has 11 heteroatoms. The van der Waals surface area contributed by atoms with Crippen molar-refractivity contribution < 1.29 is 37.0 Å². The third-order valence-electron chi connectivity index (χ3n) is 2.37. The average molecular weight is 357 g/mol. The summed E-state index contributed by atoms with van der Waals surface area (Å²) in [5.41, 5.74) is -0.826. The van der Waals surface area contributed by atoms with Crippen LogP contribution in [0, 0.1) is 5.82 Å². The maximum atomic E-state index is 13.6. The second kappa shape index (κ2) is 7.27. The zero-order chi connectivity index (χ0) is 17.8. The highest BCUT2D eigenvalue weighted by Crippen LogP contribution is 2.36. The van der Waals surface area contributed by atoms with E-state index in [4.69, 9.17) is 16.7 Å². The van der Waals surface area contributed by atoms with Gasteiger partial charge in [0.05, 0.1) is 10.6 Å². The Labute approximate surface area is 131 Å². The summed E-state index contributed by atoms with van der Waals surface area (Å²) in [7, 11) is 0. The SMILES string of the molecule is CC(=O)OC/C(=N\NC(=O)O)c1cc(F)c(Cl)c(C(F)(F)F)c1. The third kappa shape index (κ3) is 5.40. The molecule has 0 unspecified atom stereocenters. The molecule has 0 bridgehead atoms. The molecule has 1 aromatic rings. The van der Waals surface area contributed by atoms with E-state index in [0.717, 1.165) is 6.92 Å². The maximum absolute atomic E-state index is 13.6. The van der Waals surface area contributed by atoms with Gasteiger partial charge < -0.3 is 9.84 Å². The van der Waals surface area contributed by atoms with Crippen LogP contribution in [-0.4, -0.2) is 29.5 Å². The number of nitrogens with one attached hydrogen (secondary N) is 1. The molecular formula is C12H9ClF4N2O4. The molecule has 23 heavy (non-hydrogen) atoms. The quantitative estimate of drug-likeness (QED) is 0.376. The lowest BCUT2D eigenvalue weighted by Gasteiger charge is -2.13. The van der Waals surface area contributed by atoms with Crippen molar-refractivity contribution in [2.45, 2.75) is 13.1 Å². The van der Waals surface area contributed by atoms with Gasteiger partial charge in [-0.2, -0.15) is 18.3 Å². The van der Waals surface area contributed by atoms with Crippen LogP contribution in [0.4, 0.5) is 22.4 Å². The molecule has 0 heterocycles. The van der Waals surface area contributed by atoms with Crippen molar-refractivity contribution in [1.29, 1.82) is 0 Å². The van der Waals surface area contributed by atoms with Crippen LogP contribution in [0.25, 0.3) is 0 Å². The summed E-state index contributed by atoms with van der Waals surface area (Å²) in [4.78, 5) is 21.2. The lowest BCUT2D eigenvalue weighted by Crippen LogP contribution is -2.22. The molecule has 0 radical (unpaired) electrons. The summed E-state index contributed by atoms with van der Waals surface area (Å²) in [6.07, 6.45) is -6.56. The monoisotopic (exact) mass is 356 g/mol. The van der Waals surface area contributed by atoms with Crippen molar-refractivity contribution in [3.05, 3.63) is 34.1 Å². The fourth-order valence-electron chi connectivity index (χ4n) is 1.43. The molecule has 1 aromatic carbocycles. The van der Waals surface area contributed by atoms with Gasteiger partial charge in [-0.05, 0) is 12.1 Å². The Morgan fingerprint density at radius 3 is 2.48 bits per heavy atom. The fraction of sp³-hybridized carbons (Fsp3) is 0.250. The Bertz CT molecular complexity index is 661. The second-order valence-corrected chi connectivity index (χ2v) is 4.45. The lowest BCUT2D eigenvalue weighted by atomic mass is 10.1. The number of halogens is 5. The predicted molar refractivity (Wildman–Crippen MR) is 70.7 cm³/mol. The Hall–Kier alpha value is -2.36. The van der Waals surface area contributed by atoms with Gasteiger partial charge in [0, 0.05) is 12.5 Å². The van der Waals surface area contributed by atoms with Gasteiger partial charge >= 0.3 is 18.2 Å². The van der Waals surface area contributed by atoms with Gasteiger partial charge in [-0.1, -0.05) is 11.6 Å². The van der Waals surface area contributed by atoms with Crippen molar-refractivity contribution in [3.8, 4) is 0 Å². The number of hydrogen-bond acceptors (Lipinski definition) is 4. The van der Waals surface area contributed by atoms with Crippen LogP contribution in [0.5, 0.6) is 0 Å². The zero-order valence-corrected chi connectivity index (χ0v) is 12.1. The number of carbonyl (C=O) groups is 2. The van der Waals surface area contributed by atoms with Crippen molar-refractivity contribution in [2.24, 2.45) is 5.10 Å². The molecule has 0 aliphatic rings. The van der Waals surface area contributed by atoms with Crippen molar-refractivity contribution in [1.82, 2.24) is 5.43 Å². The largest absolute Gasteiger partial charge is 0.464 e. The number of amides is 1. The molecule has 6 nitrogen and oxygen atoms in total. The summed E-state index contributed by atoms with van der Waals surface area (Å²) in [6.45, 7) is 0.347. The normalized spacial score (nSPS) is 12.0. The maximum Gasteiger partial charge on any atom is 0.425 e. The summed E-state index contributed by atoms with van der Waals surface area (Å²) in [6, 6.07) is 1.08. The summed E-state index contributed by atoms with van der Waals surface area (Å²) in [5, 5.41) is 10.6. The van der Waals surface area contributed by atoms with E-state index in [9.17, 15) is 27.2 Å². The Morgan fingerprint density at radius 2 is 2.00 bits per heavy atom. The minimum atomic E-state index is -4.94. The highest BCUT2D eigenvalue weighted by Gasteiger charge is 2.35. The van der Waals surface area contributed by atoms with Crippen LogP contribution >= 0.6 is 11.6 Å². The molecule has 1 amide bonds. The van der Waals surface area contributed by atoms with Crippen molar-refractivity contribution in [3.63, 3.8) is 0 Å². The summed E-state index contributed by atoms with van der Waals surface area (Å²) < 4.78 is 56.6. The van der Waals surface area contributed by atoms with Gasteiger partial charge in [-0.3, -0.25) is 4.79 Å². The van der Waals surface area contributed by atoms with Gasteiger partial charge in [-0.25, -0.2) is 14.6 Å². The Balaban J connectivity index is 3.35. The van der Waals surface area contributed by atoms with E-state index in [1.165, 1.54) is 5.43 Å². The van der Waals surface area contributed by atoms with E-state index >= 15 is 0 Å². The molecule has 0 aliphatic heterocycles. The standard InChI is InChI=1S/C12H9ClF4N2O4/c1-5(20)23-4-9(18-19-11(21)22)6-2-7(12(15,16)17)10(13)8(14)3-6/h2-3,19H,4H2,1H3,(H,21,22)/b18-9+. The van der Waals surface area contributed by atoms with E-state index in [2.05, 4.69) is 9.84 Å². The molecular weight excluding hydrogens is 348 g/mol. The molecule has 0 aromatic heterocycles. The molecule has 0 spiro atoms. The van der Waals surface area contributed by atoms with Crippen LogP contribution in [0.3, 0.4) is 0 Å². The first-order valence-corrected chi connectivity index (χ1v) is 6.15. The molecule has 0 aliphatic carbocycles. The van der Waals surface area contributed by atoms with Crippen molar-refractivity contribution >= 4 is 29.4 Å². The van der Waals surface area contributed by atoms with E-state index in [0.29, 0.717) is 12.1 Å². The minimum absolute atomic E-state index is 0.441. The second-order valence-electron chi connectivity index (χ2n) is 4.07. The number of nitrogens with zero attached hydrogens (tertiary/aromatic N) is 1. The molecule has 0 saturated heterocycles. The Morgan fingerprint density at radius 1 is 1.39 bits per heavy atom. The molecule has 126 valence electrons. The molecule has 2 N–H and O–H groups in total. The number of hydrogen-bond donors (Lipinski definition) is 2. The molecule has 1 rings (SSSR count). The summed E-state index contributed by atoms with van der Waals surface area (Å²) in [5.74, 6) is -2.18. The topological polar surface area (TPSA) is 88.0 Å². The highest BCUT2D eigenvalue weighted by atomic mass is 35.5. The number of carboxylic acid groups (broad SMARTS) is 1. The first kappa shape index (κ1) is 18.7. The Kier molecular flexibility index (Phi) is 5.91. The average Bonchev–Trinajstić information content (AvgIpc) is 2.40. The van der Waals surface area contributed by atoms with Crippen LogP contribution < -0.4 is 5.43 Å². The zero-order valence-electron chi connectivity index (χ0n) is 11.4. The molecule has 0 fully saturated rings. The van der Waals surface area contributed by atoms with Gasteiger partial charge in [0.2, 0.25) is 0 Å². The third-order valence-corrected chi connectivity index (χ3v) is 2.75. The highest BCUT2D eigenvalue weighted by molar-refractivity contribution is 6.31. The van der Waals surface area contributed by atoms with E-state index in [-0.39, 0.29) is 0 Å². The number of rotatable bonds is 4. The number of carbonyl (C=O) groups excluding carboxylic acids is 1. The minimum Gasteiger partial charge on any atom is -0.464 e. The van der Waals surface area contributed by atoms with Crippen LogP contribution in [0.2, 0.25) is 5.02 Å². The van der Waals surface area contributed by atoms with Crippen molar-refractivity contribution in [2.75, 3.05) is 6.61 Å². The van der Waals surface area contributed by atoms with Gasteiger partial charge in [0.15, 0.2) is 0 Å². The van der Waals surface area contributed by atoms with E-state index in [1.807, 2.05) is 0 Å². The van der Waals surface area contributed by atoms with E-state index < -0.39 is 52.5 Å². The van der Waals surface area contributed by atoms with Gasteiger partial charge in [0.25, 0.3) is 0 Å². The predicted octanol–water partition coefficient (Wildman–Crippen LogP) is 3.03. The lowest BCUT2D eigenvalue weighted by molar-refractivity contribution is -0.139. The number of alkyl halides is 3. The molecule has 0 atom stereocenters. The molecule has 0 saturated carbocycles. The number of ether oxygens (including phenoxy) is 1. The number of esters is 1. The number of benzene rings is 1. The number of hydrazone groups is 1. The van der Waals surface area contributed by atoms with Crippen LogP contribution in [-0.2, 0) is 15.7 Å². The van der Waals surface area contributed by atoms with Gasteiger partial charge in [0.1, 0.15) is 18.1 Å².